The minimum absolute atomic E-state index is 0.00469. The van der Waals surface area contributed by atoms with Gasteiger partial charge in [0, 0.05) is 12.6 Å². The number of nitrogens with two attached hydrogens (primary N) is 1. The molecule has 0 saturated carbocycles. The van der Waals surface area contributed by atoms with Crippen LogP contribution in [-0.2, 0) is 4.74 Å². The molecule has 18 heavy (non-hydrogen) atoms. The standard InChI is InChI=1S/C14H28N2O2/c1-13(2,3)11(15)10-8-7-9-16(10)12(17)18-14(4,5)6/h10-11H,7-9,15H2,1-6H3/t10-,11-/m0/s1. The first-order chi connectivity index (χ1) is 8.02. The van der Waals surface area contributed by atoms with E-state index in [9.17, 15) is 4.79 Å². The number of nitrogens with zero attached hydrogens (tertiary/aromatic N) is 1. The van der Waals surface area contributed by atoms with Gasteiger partial charge in [0.05, 0.1) is 6.04 Å². The summed E-state index contributed by atoms with van der Waals surface area (Å²) in [5, 5.41) is 0. The SMILES string of the molecule is CC(C)(C)OC(=O)N1CCC[C@H]1[C@H](N)C(C)(C)C. The van der Waals surface area contributed by atoms with Crippen LogP contribution >= 0.6 is 0 Å². The Balaban J connectivity index is 2.74. The number of hydrogen-bond donors (Lipinski definition) is 1. The Morgan fingerprint density at radius 3 is 2.28 bits per heavy atom. The molecule has 1 fully saturated rings. The second-order valence-electron chi connectivity index (χ2n) is 7.28. The maximum Gasteiger partial charge on any atom is 0.410 e. The van der Waals surface area contributed by atoms with Gasteiger partial charge in [0.1, 0.15) is 5.60 Å². The number of rotatable bonds is 1. The Labute approximate surface area is 111 Å². The van der Waals surface area contributed by atoms with Crippen LogP contribution in [0.2, 0.25) is 0 Å². The fourth-order valence-corrected chi connectivity index (χ4v) is 2.29. The fourth-order valence-electron chi connectivity index (χ4n) is 2.29. The van der Waals surface area contributed by atoms with Crippen LogP contribution in [0, 0.1) is 5.41 Å². The van der Waals surface area contributed by atoms with Crippen LogP contribution in [0.25, 0.3) is 0 Å². The van der Waals surface area contributed by atoms with E-state index in [1.807, 2.05) is 20.8 Å². The minimum Gasteiger partial charge on any atom is -0.444 e. The second-order valence-corrected chi connectivity index (χ2v) is 7.28. The van der Waals surface area contributed by atoms with Crippen LogP contribution in [0.4, 0.5) is 4.79 Å². The highest BCUT2D eigenvalue weighted by Gasteiger charge is 2.39. The third-order valence-corrected chi connectivity index (χ3v) is 3.34. The van der Waals surface area contributed by atoms with Gasteiger partial charge in [-0.15, -0.1) is 0 Å². The average Bonchev–Trinajstić information content (AvgIpc) is 2.60. The Kier molecular flexibility index (Phi) is 4.31. The monoisotopic (exact) mass is 256 g/mol. The van der Waals surface area contributed by atoms with Gasteiger partial charge in [0.15, 0.2) is 0 Å². The second kappa shape index (κ2) is 5.08. The van der Waals surface area contributed by atoms with Gasteiger partial charge < -0.3 is 15.4 Å². The Bertz CT molecular complexity index is 302. The molecule has 2 N–H and O–H groups in total. The van der Waals surface area contributed by atoms with Crippen LogP contribution in [0.3, 0.4) is 0 Å². The van der Waals surface area contributed by atoms with Crippen LogP contribution in [0.5, 0.6) is 0 Å². The smallest absolute Gasteiger partial charge is 0.410 e. The summed E-state index contributed by atoms with van der Waals surface area (Å²) in [7, 11) is 0. The molecule has 1 saturated heterocycles. The lowest BCUT2D eigenvalue weighted by molar-refractivity contribution is 0.0171. The van der Waals surface area contributed by atoms with Crippen molar-refractivity contribution < 1.29 is 9.53 Å². The highest BCUT2D eigenvalue weighted by atomic mass is 16.6. The Morgan fingerprint density at radius 2 is 1.83 bits per heavy atom. The Morgan fingerprint density at radius 1 is 1.28 bits per heavy atom. The van der Waals surface area contributed by atoms with E-state index in [0.29, 0.717) is 0 Å². The van der Waals surface area contributed by atoms with Crippen molar-refractivity contribution in [1.82, 2.24) is 4.90 Å². The Hall–Kier alpha value is -0.770. The van der Waals surface area contributed by atoms with E-state index in [2.05, 4.69) is 20.8 Å². The van der Waals surface area contributed by atoms with E-state index in [-0.39, 0.29) is 23.6 Å². The zero-order valence-electron chi connectivity index (χ0n) is 12.6. The van der Waals surface area contributed by atoms with Gasteiger partial charge in [-0.25, -0.2) is 4.79 Å². The molecule has 4 heteroatoms. The molecule has 1 amide bonds. The highest BCUT2D eigenvalue weighted by Crippen LogP contribution is 2.30. The maximum absolute atomic E-state index is 12.2. The molecule has 0 aromatic carbocycles. The zero-order chi connectivity index (χ0) is 14.1. The fraction of sp³-hybridized carbons (Fsp3) is 0.929. The van der Waals surface area contributed by atoms with Crippen molar-refractivity contribution in [2.24, 2.45) is 11.1 Å². The van der Waals surface area contributed by atoms with E-state index in [1.54, 1.807) is 4.90 Å². The number of amides is 1. The van der Waals surface area contributed by atoms with Crippen molar-refractivity contribution in [2.45, 2.75) is 72.1 Å². The first-order valence-electron chi connectivity index (χ1n) is 6.77. The van der Waals surface area contributed by atoms with Gasteiger partial charge in [-0.2, -0.15) is 0 Å². The molecular formula is C14H28N2O2. The van der Waals surface area contributed by atoms with Gasteiger partial charge in [-0.1, -0.05) is 20.8 Å². The molecule has 2 atom stereocenters. The molecule has 106 valence electrons. The predicted molar refractivity (Wildman–Crippen MR) is 73.4 cm³/mol. The highest BCUT2D eigenvalue weighted by molar-refractivity contribution is 5.69. The summed E-state index contributed by atoms with van der Waals surface area (Å²) in [6.45, 7) is 12.8. The summed E-state index contributed by atoms with van der Waals surface area (Å²) in [6, 6.07) is 0.0763. The average molecular weight is 256 g/mol. The first-order valence-corrected chi connectivity index (χ1v) is 6.77. The molecule has 0 aromatic heterocycles. The molecule has 1 heterocycles. The molecule has 1 aliphatic rings. The molecule has 4 nitrogen and oxygen atoms in total. The predicted octanol–water partition coefficient (Wildman–Crippen LogP) is 2.76. The van der Waals surface area contributed by atoms with E-state index in [0.717, 1.165) is 19.4 Å². The molecule has 0 unspecified atom stereocenters. The summed E-state index contributed by atoms with van der Waals surface area (Å²) >= 11 is 0. The topological polar surface area (TPSA) is 55.6 Å². The number of hydrogen-bond acceptors (Lipinski definition) is 3. The summed E-state index contributed by atoms with van der Waals surface area (Å²) in [5.41, 5.74) is 5.85. The summed E-state index contributed by atoms with van der Waals surface area (Å²) < 4.78 is 5.45. The van der Waals surface area contributed by atoms with Crippen molar-refractivity contribution in [3.05, 3.63) is 0 Å². The van der Waals surface area contributed by atoms with E-state index >= 15 is 0 Å². The van der Waals surface area contributed by atoms with Crippen molar-refractivity contribution >= 4 is 6.09 Å². The van der Waals surface area contributed by atoms with E-state index < -0.39 is 5.60 Å². The van der Waals surface area contributed by atoms with Crippen LogP contribution in [0.15, 0.2) is 0 Å². The lowest BCUT2D eigenvalue weighted by atomic mass is 9.82. The minimum atomic E-state index is -0.448. The largest absolute Gasteiger partial charge is 0.444 e. The third kappa shape index (κ3) is 3.87. The summed E-state index contributed by atoms with van der Waals surface area (Å²) in [6.07, 6.45) is 1.75. The molecule has 1 rings (SSSR count). The van der Waals surface area contributed by atoms with E-state index in [1.165, 1.54) is 0 Å². The molecular weight excluding hydrogens is 228 g/mol. The number of carbonyl (C=O) groups excluding carboxylic acids is 1. The lowest BCUT2D eigenvalue weighted by Crippen LogP contribution is -2.53. The number of likely N-dealkylation sites (tertiary alicyclic amines) is 1. The summed E-state index contributed by atoms with van der Waals surface area (Å²) in [5.74, 6) is 0. The van der Waals surface area contributed by atoms with Crippen LogP contribution in [0.1, 0.15) is 54.4 Å². The zero-order valence-corrected chi connectivity index (χ0v) is 12.6. The maximum atomic E-state index is 12.2. The van der Waals surface area contributed by atoms with Gasteiger partial charge >= 0.3 is 6.09 Å². The number of ether oxygens (including phenoxy) is 1. The van der Waals surface area contributed by atoms with Crippen molar-refractivity contribution in [3.8, 4) is 0 Å². The van der Waals surface area contributed by atoms with Crippen molar-refractivity contribution in [1.29, 1.82) is 0 Å². The van der Waals surface area contributed by atoms with Crippen molar-refractivity contribution in [2.75, 3.05) is 6.54 Å². The van der Waals surface area contributed by atoms with Crippen molar-refractivity contribution in [3.63, 3.8) is 0 Å². The lowest BCUT2D eigenvalue weighted by Gasteiger charge is -2.37. The van der Waals surface area contributed by atoms with E-state index in [4.69, 9.17) is 10.5 Å². The molecule has 1 aliphatic heterocycles. The summed E-state index contributed by atoms with van der Waals surface area (Å²) in [4.78, 5) is 14.0. The molecule has 0 radical (unpaired) electrons. The van der Waals surface area contributed by atoms with Gasteiger partial charge in [-0.3, -0.25) is 0 Å². The molecule has 0 spiro atoms. The van der Waals surface area contributed by atoms with Crippen LogP contribution < -0.4 is 5.73 Å². The van der Waals surface area contributed by atoms with Gasteiger partial charge in [-0.05, 0) is 39.0 Å². The van der Waals surface area contributed by atoms with Crippen LogP contribution in [-0.4, -0.2) is 35.2 Å². The normalized spacial score (nSPS) is 23.1. The number of carbonyl (C=O) groups is 1. The van der Waals surface area contributed by atoms with Gasteiger partial charge in [0.2, 0.25) is 0 Å². The molecule has 0 bridgehead atoms. The third-order valence-electron chi connectivity index (χ3n) is 3.34. The molecule has 0 aliphatic carbocycles. The molecule has 0 aromatic rings. The van der Waals surface area contributed by atoms with Gasteiger partial charge in [0.25, 0.3) is 0 Å². The first kappa shape index (κ1) is 15.3. The quantitative estimate of drug-likeness (QED) is 0.785.